The van der Waals surface area contributed by atoms with Crippen LogP contribution in [0.5, 0.6) is 0 Å². The Morgan fingerprint density at radius 2 is 1.55 bits per heavy atom. The van der Waals surface area contributed by atoms with Gasteiger partial charge in [0.25, 0.3) is 11.8 Å². The molecule has 1 aliphatic heterocycles. The van der Waals surface area contributed by atoms with E-state index in [4.69, 9.17) is 46.4 Å². The molecule has 3 amide bonds. The smallest absolute Gasteiger partial charge is 0.262 e. The molecule has 0 aliphatic carbocycles. The summed E-state index contributed by atoms with van der Waals surface area (Å²) in [4.78, 5) is 38.5. The van der Waals surface area contributed by atoms with Gasteiger partial charge in [0, 0.05) is 16.1 Å². The predicted octanol–water partition coefficient (Wildman–Crippen LogP) is 4.78. The Bertz CT molecular complexity index is 1200. The predicted molar refractivity (Wildman–Crippen MR) is 118 cm³/mol. The second-order valence-corrected chi connectivity index (χ2v) is 8.32. The number of aromatic nitrogens is 2. The van der Waals surface area contributed by atoms with E-state index in [1.54, 1.807) is 24.3 Å². The van der Waals surface area contributed by atoms with Crippen molar-refractivity contribution in [1.82, 2.24) is 14.7 Å². The van der Waals surface area contributed by atoms with Gasteiger partial charge in [0.15, 0.2) is 0 Å². The lowest BCUT2D eigenvalue weighted by Gasteiger charge is -2.14. The molecule has 0 unspecified atom stereocenters. The van der Waals surface area contributed by atoms with Crippen molar-refractivity contribution in [1.29, 1.82) is 0 Å². The van der Waals surface area contributed by atoms with E-state index in [9.17, 15) is 14.4 Å². The van der Waals surface area contributed by atoms with Crippen LogP contribution in [0.3, 0.4) is 0 Å². The van der Waals surface area contributed by atoms with Gasteiger partial charge < -0.3 is 5.32 Å². The lowest BCUT2D eigenvalue weighted by molar-refractivity contribution is -0.116. The molecule has 0 fully saturated rings. The summed E-state index contributed by atoms with van der Waals surface area (Å²) in [6.45, 7) is -0.197. The number of fused-ring (bicyclic) bond motifs is 1. The van der Waals surface area contributed by atoms with Crippen LogP contribution >= 0.6 is 46.4 Å². The highest BCUT2D eigenvalue weighted by atomic mass is 35.5. The molecule has 1 aliphatic rings. The highest BCUT2D eigenvalue weighted by Gasteiger charge is 2.37. The molecule has 4 rings (SSSR count). The Morgan fingerprint density at radius 1 is 0.903 bits per heavy atom. The van der Waals surface area contributed by atoms with Gasteiger partial charge >= 0.3 is 0 Å². The number of imide groups is 1. The Hall–Kier alpha value is -2.58. The zero-order valence-electron chi connectivity index (χ0n) is 15.5. The summed E-state index contributed by atoms with van der Waals surface area (Å²) in [6.07, 6.45) is 1.51. The number of hydrogen-bond donors (Lipinski definition) is 1. The second-order valence-electron chi connectivity index (χ2n) is 6.67. The number of nitrogens with zero attached hydrogens (tertiary/aromatic N) is 3. The molecule has 0 radical (unpaired) electrons. The van der Waals surface area contributed by atoms with E-state index in [-0.39, 0.29) is 27.7 Å². The lowest BCUT2D eigenvalue weighted by atomic mass is 10.1. The molecule has 0 bridgehead atoms. The van der Waals surface area contributed by atoms with Crippen LogP contribution in [-0.2, 0) is 11.3 Å². The van der Waals surface area contributed by atoms with Crippen LogP contribution in [0.1, 0.15) is 26.3 Å². The molecule has 1 aromatic heterocycles. The minimum Gasteiger partial charge on any atom is -0.309 e. The Labute approximate surface area is 196 Å². The third kappa shape index (κ3) is 4.27. The molecule has 0 saturated carbocycles. The average Bonchev–Trinajstić information content (AvgIpc) is 3.23. The van der Waals surface area contributed by atoms with Crippen LogP contribution in [0.15, 0.2) is 42.6 Å². The number of amides is 3. The van der Waals surface area contributed by atoms with Crippen molar-refractivity contribution in [2.75, 3.05) is 11.9 Å². The van der Waals surface area contributed by atoms with Crippen LogP contribution in [-0.4, -0.2) is 38.9 Å². The molecule has 2 aromatic carbocycles. The van der Waals surface area contributed by atoms with Gasteiger partial charge in [-0.3, -0.25) is 19.3 Å². The van der Waals surface area contributed by atoms with E-state index in [0.29, 0.717) is 15.9 Å². The van der Waals surface area contributed by atoms with Gasteiger partial charge in [-0.25, -0.2) is 4.68 Å². The standard InChI is InChI=1S/C20H12Cl4N4O3/c21-11-2-1-10(14(22)5-11)8-28-17(3-4-25-28)26-18(29)9-27-19(30)12-6-15(23)16(24)7-13(12)20(27)31/h1-7H,8-9H2,(H,26,29). The first-order chi connectivity index (χ1) is 14.7. The fourth-order valence-electron chi connectivity index (χ4n) is 3.13. The lowest BCUT2D eigenvalue weighted by Crippen LogP contribution is -2.37. The van der Waals surface area contributed by atoms with Gasteiger partial charge in [-0.05, 0) is 29.8 Å². The number of benzene rings is 2. The van der Waals surface area contributed by atoms with Gasteiger partial charge in [-0.2, -0.15) is 5.10 Å². The van der Waals surface area contributed by atoms with Gasteiger partial charge in [-0.15, -0.1) is 0 Å². The molecule has 1 N–H and O–H groups in total. The zero-order valence-corrected chi connectivity index (χ0v) is 18.6. The van der Waals surface area contributed by atoms with E-state index in [1.165, 1.54) is 23.0 Å². The number of hydrogen-bond acceptors (Lipinski definition) is 4. The van der Waals surface area contributed by atoms with Crippen LogP contribution < -0.4 is 5.32 Å². The maximum Gasteiger partial charge on any atom is 0.262 e. The van der Waals surface area contributed by atoms with E-state index in [1.807, 2.05) is 0 Å². The summed E-state index contributed by atoms with van der Waals surface area (Å²) >= 11 is 24.0. The van der Waals surface area contributed by atoms with Crippen molar-refractivity contribution in [2.24, 2.45) is 0 Å². The van der Waals surface area contributed by atoms with E-state index >= 15 is 0 Å². The fraction of sp³-hybridized carbons (Fsp3) is 0.100. The molecule has 11 heteroatoms. The van der Waals surface area contributed by atoms with Gasteiger partial charge in [-0.1, -0.05) is 52.5 Å². The molecule has 31 heavy (non-hydrogen) atoms. The molecule has 0 saturated heterocycles. The molecule has 158 valence electrons. The van der Waals surface area contributed by atoms with Crippen LogP contribution in [0.4, 0.5) is 5.82 Å². The second kappa shape index (κ2) is 8.51. The third-order valence-electron chi connectivity index (χ3n) is 4.63. The summed E-state index contributed by atoms with van der Waals surface area (Å²) in [5.74, 6) is -1.43. The molecule has 2 heterocycles. The van der Waals surface area contributed by atoms with Crippen molar-refractivity contribution in [2.45, 2.75) is 6.54 Å². The van der Waals surface area contributed by atoms with Crippen molar-refractivity contribution in [3.63, 3.8) is 0 Å². The summed E-state index contributed by atoms with van der Waals surface area (Å²) in [7, 11) is 0. The van der Waals surface area contributed by atoms with Crippen molar-refractivity contribution < 1.29 is 14.4 Å². The van der Waals surface area contributed by atoms with E-state index < -0.39 is 24.3 Å². The van der Waals surface area contributed by atoms with Crippen molar-refractivity contribution in [3.8, 4) is 0 Å². The number of carbonyl (C=O) groups excluding carboxylic acids is 3. The summed E-state index contributed by atoms with van der Waals surface area (Å²) in [5, 5.41) is 8.10. The average molecular weight is 498 g/mol. The highest BCUT2D eigenvalue weighted by molar-refractivity contribution is 6.43. The number of nitrogens with one attached hydrogen (secondary N) is 1. The van der Waals surface area contributed by atoms with E-state index in [0.717, 1.165) is 10.5 Å². The molecule has 0 atom stereocenters. The monoisotopic (exact) mass is 496 g/mol. The molecule has 3 aromatic rings. The Kier molecular flexibility index (Phi) is 5.94. The molecule has 0 spiro atoms. The van der Waals surface area contributed by atoms with Gasteiger partial charge in [0.1, 0.15) is 12.4 Å². The largest absolute Gasteiger partial charge is 0.309 e. The molecular formula is C20H12Cl4N4O3. The van der Waals surface area contributed by atoms with Crippen LogP contribution in [0.25, 0.3) is 0 Å². The topological polar surface area (TPSA) is 84.3 Å². The first-order valence-electron chi connectivity index (χ1n) is 8.85. The SMILES string of the molecule is O=C(CN1C(=O)c2cc(Cl)c(Cl)cc2C1=O)Nc1ccnn1Cc1ccc(Cl)cc1Cl. The minimum atomic E-state index is -0.616. The molecule has 7 nitrogen and oxygen atoms in total. The first kappa shape index (κ1) is 21.6. The molecular weight excluding hydrogens is 486 g/mol. The van der Waals surface area contributed by atoms with E-state index in [2.05, 4.69) is 10.4 Å². The third-order valence-corrected chi connectivity index (χ3v) is 5.94. The maximum atomic E-state index is 12.6. The van der Waals surface area contributed by atoms with Crippen LogP contribution in [0, 0.1) is 0 Å². The quantitative estimate of drug-likeness (QED) is 0.514. The first-order valence-corrected chi connectivity index (χ1v) is 10.4. The van der Waals surface area contributed by atoms with Crippen molar-refractivity contribution >= 4 is 69.9 Å². The summed E-state index contributed by atoms with van der Waals surface area (Å²) in [6, 6.07) is 9.30. The Balaban J connectivity index is 1.47. The Morgan fingerprint density at radius 3 is 2.16 bits per heavy atom. The fourth-order valence-corrected chi connectivity index (χ4v) is 3.93. The van der Waals surface area contributed by atoms with Crippen molar-refractivity contribution in [3.05, 3.63) is 79.4 Å². The maximum absolute atomic E-state index is 12.6. The normalized spacial score (nSPS) is 13.0. The number of rotatable bonds is 5. The van der Waals surface area contributed by atoms with Gasteiger partial charge in [0.05, 0.1) is 33.9 Å². The number of carbonyl (C=O) groups is 3. The van der Waals surface area contributed by atoms with Crippen LogP contribution in [0.2, 0.25) is 20.1 Å². The number of halogens is 4. The van der Waals surface area contributed by atoms with Gasteiger partial charge in [0.2, 0.25) is 5.91 Å². The minimum absolute atomic E-state index is 0.106. The summed E-state index contributed by atoms with van der Waals surface area (Å²) < 4.78 is 1.52. The number of anilines is 1. The summed E-state index contributed by atoms with van der Waals surface area (Å²) in [5.41, 5.74) is 0.962. The zero-order chi connectivity index (χ0) is 22.3. The highest BCUT2D eigenvalue weighted by Crippen LogP contribution is 2.31.